The van der Waals surface area contributed by atoms with Crippen molar-refractivity contribution in [3.63, 3.8) is 0 Å². The normalized spacial score (nSPS) is 12.5. The van der Waals surface area contributed by atoms with Gasteiger partial charge in [-0.3, -0.25) is 4.98 Å². The summed E-state index contributed by atoms with van der Waals surface area (Å²) in [4.78, 5) is 13.4. The van der Waals surface area contributed by atoms with E-state index >= 15 is 0 Å². The number of hydrogen-bond donors (Lipinski definition) is 0. The van der Waals surface area contributed by atoms with E-state index in [2.05, 4.69) is 21.9 Å². The van der Waals surface area contributed by atoms with Crippen LogP contribution >= 0.6 is 11.6 Å². The van der Waals surface area contributed by atoms with E-state index in [0.717, 1.165) is 22.7 Å². The topological polar surface area (TPSA) is 52.8 Å². The quantitative estimate of drug-likeness (QED) is 0.695. The summed E-state index contributed by atoms with van der Waals surface area (Å²) in [6.07, 6.45) is 1.78. The molecule has 5 nitrogen and oxygen atoms in total. The van der Waals surface area contributed by atoms with Crippen molar-refractivity contribution < 1.29 is 4.74 Å². The third kappa shape index (κ3) is 2.45. The van der Waals surface area contributed by atoms with Crippen LogP contribution in [0.1, 0.15) is 24.5 Å². The van der Waals surface area contributed by atoms with Crippen LogP contribution in [0, 0.1) is 0 Å². The Morgan fingerprint density at radius 2 is 2.10 bits per heavy atom. The van der Waals surface area contributed by atoms with Gasteiger partial charge in [0.1, 0.15) is 11.3 Å². The zero-order valence-electron chi connectivity index (χ0n) is 11.8. The number of rotatable bonds is 4. The molecular weight excluding hydrogens is 288 g/mol. The van der Waals surface area contributed by atoms with Crippen molar-refractivity contribution in [1.82, 2.24) is 19.5 Å². The molecule has 0 aromatic carbocycles. The lowest BCUT2D eigenvalue weighted by atomic mass is 10.2. The molecular formula is C15H15ClN4O. The summed E-state index contributed by atoms with van der Waals surface area (Å²) in [5.41, 5.74) is 2.49. The Morgan fingerprint density at radius 1 is 1.24 bits per heavy atom. The van der Waals surface area contributed by atoms with Crippen LogP contribution in [0.25, 0.3) is 11.2 Å². The van der Waals surface area contributed by atoms with Crippen molar-refractivity contribution >= 4 is 22.8 Å². The zero-order valence-corrected chi connectivity index (χ0v) is 12.6. The molecule has 0 saturated carbocycles. The maximum atomic E-state index is 6.05. The first-order valence-electron chi connectivity index (χ1n) is 6.63. The summed E-state index contributed by atoms with van der Waals surface area (Å²) in [6.45, 7) is 2.06. The SMILES string of the molecule is COc1ccc2nc(CCl)n(C(C)c3ccccn3)c2n1. The van der Waals surface area contributed by atoms with Crippen molar-refractivity contribution in [2.45, 2.75) is 18.8 Å². The molecule has 0 saturated heterocycles. The van der Waals surface area contributed by atoms with Crippen LogP contribution in [-0.4, -0.2) is 26.6 Å². The maximum absolute atomic E-state index is 6.05. The monoisotopic (exact) mass is 302 g/mol. The first kappa shape index (κ1) is 13.8. The van der Waals surface area contributed by atoms with E-state index in [0.29, 0.717) is 11.8 Å². The predicted molar refractivity (Wildman–Crippen MR) is 81.7 cm³/mol. The van der Waals surface area contributed by atoms with Gasteiger partial charge in [-0.2, -0.15) is 4.98 Å². The molecule has 1 unspecified atom stereocenters. The van der Waals surface area contributed by atoms with Gasteiger partial charge >= 0.3 is 0 Å². The molecule has 0 fully saturated rings. The lowest BCUT2D eigenvalue weighted by Gasteiger charge is -2.16. The molecule has 0 spiro atoms. The summed E-state index contributed by atoms with van der Waals surface area (Å²) in [5, 5.41) is 0. The number of fused-ring (bicyclic) bond motifs is 1. The van der Waals surface area contributed by atoms with E-state index in [-0.39, 0.29) is 6.04 Å². The Kier molecular flexibility index (Phi) is 3.75. The van der Waals surface area contributed by atoms with Crippen molar-refractivity contribution in [3.05, 3.63) is 48.0 Å². The molecule has 0 aliphatic heterocycles. The fourth-order valence-corrected chi connectivity index (χ4v) is 2.56. The van der Waals surface area contributed by atoms with E-state index in [1.54, 1.807) is 19.4 Å². The third-order valence-electron chi connectivity index (χ3n) is 3.42. The molecule has 0 aliphatic carbocycles. The molecule has 3 heterocycles. The average molecular weight is 303 g/mol. The summed E-state index contributed by atoms with van der Waals surface area (Å²) < 4.78 is 7.21. The van der Waals surface area contributed by atoms with Crippen molar-refractivity contribution in [1.29, 1.82) is 0 Å². The highest BCUT2D eigenvalue weighted by Crippen LogP contribution is 2.26. The minimum Gasteiger partial charge on any atom is -0.481 e. The number of imidazole rings is 1. The first-order chi connectivity index (χ1) is 10.2. The standard InChI is InChI=1S/C15H15ClN4O/c1-10(11-5-3-4-8-17-11)20-13(9-16)18-12-6-7-14(21-2)19-15(12)20/h3-8,10H,9H2,1-2H3. The lowest BCUT2D eigenvalue weighted by Crippen LogP contribution is -2.12. The number of alkyl halides is 1. The average Bonchev–Trinajstić information content (AvgIpc) is 2.92. The smallest absolute Gasteiger partial charge is 0.215 e. The number of hydrogen-bond acceptors (Lipinski definition) is 4. The zero-order chi connectivity index (χ0) is 14.8. The molecule has 21 heavy (non-hydrogen) atoms. The van der Waals surface area contributed by atoms with Crippen LogP contribution in [-0.2, 0) is 5.88 Å². The summed E-state index contributed by atoms with van der Waals surface area (Å²) in [7, 11) is 1.60. The third-order valence-corrected chi connectivity index (χ3v) is 3.66. The van der Waals surface area contributed by atoms with Crippen molar-refractivity contribution in [3.8, 4) is 5.88 Å². The van der Waals surface area contributed by atoms with Gasteiger partial charge in [-0.05, 0) is 25.1 Å². The van der Waals surface area contributed by atoms with Crippen LogP contribution in [0.5, 0.6) is 5.88 Å². The van der Waals surface area contributed by atoms with Gasteiger partial charge in [0.25, 0.3) is 0 Å². The summed E-state index contributed by atoms with van der Waals surface area (Å²) in [5.74, 6) is 1.64. The number of ether oxygens (including phenoxy) is 1. The maximum Gasteiger partial charge on any atom is 0.215 e. The second-order valence-corrected chi connectivity index (χ2v) is 4.93. The number of halogens is 1. The van der Waals surface area contributed by atoms with Gasteiger partial charge in [0.05, 0.1) is 24.7 Å². The van der Waals surface area contributed by atoms with Gasteiger partial charge in [-0.15, -0.1) is 11.6 Å². The van der Waals surface area contributed by atoms with Gasteiger partial charge in [-0.1, -0.05) is 6.07 Å². The molecule has 0 radical (unpaired) electrons. The van der Waals surface area contributed by atoms with Crippen LogP contribution in [0.2, 0.25) is 0 Å². The highest BCUT2D eigenvalue weighted by molar-refractivity contribution is 6.16. The molecule has 0 aliphatic rings. The first-order valence-corrected chi connectivity index (χ1v) is 7.16. The fraction of sp³-hybridized carbons (Fsp3) is 0.267. The van der Waals surface area contributed by atoms with E-state index in [1.165, 1.54) is 0 Å². The van der Waals surface area contributed by atoms with E-state index in [4.69, 9.17) is 16.3 Å². The molecule has 3 aromatic rings. The molecule has 0 bridgehead atoms. The Bertz CT molecular complexity index is 757. The van der Waals surface area contributed by atoms with Crippen molar-refractivity contribution in [2.75, 3.05) is 7.11 Å². The summed E-state index contributed by atoms with van der Waals surface area (Å²) in [6, 6.07) is 9.51. The van der Waals surface area contributed by atoms with Crippen LogP contribution in [0.4, 0.5) is 0 Å². The Hall–Kier alpha value is -2.14. The van der Waals surface area contributed by atoms with E-state index < -0.39 is 0 Å². The highest BCUT2D eigenvalue weighted by atomic mass is 35.5. The molecule has 0 N–H and O–H groups in total. The Morgan fingerprint density at radius 3 is 2.76 bits per heavy atom. The highest BCUT2D eigenvalue weighted by Gasteiger charge is 2.19. The largest absolute Gasteiger partial charge is 0.481 e. The summed E-state index contributed by atoms with van der Waals surface area (Å²) >= 11 is 6.05. The molecule has 3 rings (SSSR count). The molecule has 1 atom stereocenters. The van der Waals surface area contributed by atoms with Crippen molar-refractivity contribution in [2.24, 2.45) is 0 Å². The molecule has 3 aromatic heterocycles. The van der Waals surface area contributed by atoms with Gasteiger partial charge in [0, 0.05) is 12.3 Å². The fourth-order valence-electron chi connectivity index (χ4n) is 2.37. The van der Waals surface area contributed by atoms with Gasteiger partial charge in [-0.25, -0.2) is 4.98 Å². The number of methoxy groups -OCH3 is 1. The number of aromatic nitrogens is 4. The Balaban J connectivity index is 2.19. The second kappa shape index (κ2) is 5.69. The molecule has 6 heteroatoms. The van der Waals surface area contributed by atoms with Gasteiger partial charge < -0.3 is 9.30 Å². The van der Waals surface area contributed by atoms with Gasteiger partial charge in [0.15, 0.2) is 5.65 Å². The predicted octanol–water partition coefficient (Wildman–Crippen LogP) is 3.18. The van der Waals surface area contributed by atoms with Crippen LogP contribution in [0.3, 0.4) is 0 Å². The minimum absolute atomic E-state index is 0.00967. The van der Waals surface area contributed by atoms with Gasteiger partial charge in [0.2, 0.25) is 5.88 Å². The number of nitrogens with zero attached hydrogens (tertiary/aromatic N) is 4. The number of pyridine rings is 2. The van der Waals surface area contributed by atoms with Crippen LogP contribution < -0.4 is 4.74 Å². The minimum atomic E-state index is -0.00967. The lowest BCUT2D eigenvalue weighted by molar-refractivity contribution is 0.398. The molecule has 0 amide bonds. The van der Waals surface area contributed by atoms with E-state index in [1.807, 2.05) is 28.8 Å². The molecule has 108 valence electrons. The van der Waals surface area contributed by atoms with Crippen LogP contribution in [0.15, 0.2) is 36.5 Å². The van der Waals surface area contributed by atoms with E-state index in [9.17, 15) is 0 Å². The Labute approximate surface area is 127 Å². The second-order valence-electron chi connectivity index (χ2n) is 4.66.